The molecular formula is C18H14N2O2. The van der Waals surface area contributed by atoms with E-state index >= 15 is 0 Å². The Labute approximate surface area is 128 Å². The van der Waals surface area contributed by atoms with Crippen molar-refractivity contribution in [3.05, 3.63) is 60.2 Å². The van der Waals surface area contributed by atoms with Crippen molar-refractivity contribution in [2.75, 3.05) is 6.61 Å². The minimum atomic E-state index is 0.594. The molecule has 4 nitrogen and oxygen atoms in total. The van der Waals surface area contributed by atoms with Crippen LogP contribution < -0.4 is 4.74 Å². The van der Waals surface area contributed by atoms with Crippen LogP contribution in [0.3, 0.4) is 0 Å². The van der Waals surface area contributed by atoms with Crippen molar-refractivity contribution in [2.24, 2.45) is 0 Å². The highest BCUT2D eigenvalue weighted by Crippen LogP contribution is 2.27. The molecule has 3 aromatic rings. The van der Waals surface area contributed by atoms with E-state index in [1.807, 2.05) is 49.4 Å². The molecule has 0 unspecified atom stereocenters. The van der Waals surface area contributed by atoms with Gasteiger partial charge in [-0.2, -0.15) is 5.26 Å². The summed E-state index contributed by atoms with van der Waals surface area (Å²) in [6, 6.07) is 18.9. The molecule has 108 valence electrons. The van der Waals surface area contributed by atoms with Gasteiger partial charge in [0.2, 0.25) is 0 Å². The quantitative estimate of drug-likeness (QED) is 0.719. The maximum Gasteiger partial charge on any atom is 0.167 e. The zero-order valence-electron chi connectivity index (χ0n) is 12.1. The second-order valence-electron chi connectivity index (χ2n) is 4.73. The molecule has 0 atom stereocenters. The molecule has 1 heterocycles. The number of benzene rings is 2. The van der Waals surface area contributed by atoms with Gasteiger partial charge in [-0.05, 0) is 43.3 Å². The molecule has 0 radical (unpaired) electrons. The van der Waals surface area contributed by atoms with E-state index in [0.29, 0.717) is 17.9 Å². The zero-order chi connectivity index (χ0) is 15.4. The Balaban J connectivity index is 1.88. The molecule has 22 heavy (non-hydrogen) atoms. The van der Waals surface area contributed by atoms with Gasteiger partial charge in [0.25, 0.3) is 0 Å². The van der Waals surface area contributed by atoms with Crippen molar-refractivity contribution in [3.63, 3.8) is 0 Å². The molecule has 0 saturated heterocycles. The predicted octanol–water partition coefficient (Wildman–Crippen LogP) is 4.28. The summed E-state index contributed by atoms with van der Waals surface area (Å²) in [5.74, 6) is 1.47. The van der Waals surface area contributed by atoms with Gasteiger partial charge in [0.1, 0.15) is 11.4 Å². The number of aromatic nitrogens is 1. The Morgan fingerprint density at radius 2 is 1.91 bits per heavy atom. The van der Waals surface area contributed by atoms with Gasteiger partial charge < -0.3 is 9.26 Å². The van der Waals surface area contributed by atoms with Crippen LogP contribution in [-0.4, -0.2) is 11.8 Å². The van der Waals surface area contributed by atoms with Crippen molar-refractivity contribution in [2.45, 2.75) is 6.92 Å². The second-order valence-corrected chi connectivity index (χ2v) is 4.73. The number of nitriles is 1. The fourth-order valence-electron chi connectivity index (χ4n) is 2.18. The van der Waals surface area contributed by atoms with Gasteiger partial charge in [-0.3, -0.25) is 0 Å². The normalized spacial score (nSPS) is 10.2. The van der Waals surface area contributed by atoms with Gasteiger partial charge in [-0.25, -0.2) is 0 Å². The Hall–Kier alpha value is -3.06. The third kappa shape index (κ3) is 2.84. The summed E-state index contributed by atoms with van der Waals surface area (Å²) in [4.78, 5) is 0. The van der Waals surface area contributed by atoms with E-state index in [1.165, 1.54) is 0 Å². The SMILES string of the molecule is CCOc1ccc(-c2cc(-c3cccc(C#N)c3)on2)cc1. The fraction of sp³-hybridized carbons (Fsp3) is 0.111. The van der Waals surface area contributed by atoms with Crippen LogP contribution in [0.15, 0.2) is 59.1 Å². The van der Waals surface area contributed by atoms with Crippen molar-refractivity contribution in [1.29, 1.82) is 5.26 Å². The average molecular weight is 290 g/mol. The first-order chi connectivity index (χ1) is 10.8. The van der Waals surface area contributed by atoms with E-state index < -0.39 is 0 Å². The van der Waals surface area contributed by atoms with Crippen molar-refractivity contribution in [3.8, 4) is 34.4 Å². The number of nitrogens with zero attached hydrogens (tertiary/aromatic N) is 2. The first-order valence-electron chi connectivity index (χ1n) is 7.00. The summed E-state index contributed by atoms with van der Waals surface area (Å²) in [6.45, 7) is 2.59. The third-order valence-corrected chi connectivity index (χ3v) is 3.25. The standard InChI is InChI=1S/C18H14N2O2/c1-2-21-16-8-6-14(7-9-16)17-11-18(22-20-17)15-5-3-4-13(10-15)12-19/h3-11H,2H2,1H3. The van der Waals surface area contributed by atoms with Crippen LogP contribution in [0.5, 0.6) is 5.75 Å². The minimum Gasteiger partial charge on any atom is -0.494 e. The maximum absolute atomic E-state index is 8.95. The fourth-order valence-corrected chi connectivity index (χ4v) is 2.18. The lowest BCUT2D eigenvalue weighted by Gasteiger charge is -2.02. The van der Waals surface area contributed by atoms with E-state index in [2.05, 4.69) is 11.2 Å². The van der Waals surface area contributed by atoms with Gasteiger partial charge in [-0.1, -0.05) is 17.3 Å². The van der Waals surface area contributed by atoms with E-state index in [4.69, 9.17) is 14.5 Å². The van der Waals surface area contributed by atoms with Gasteiger partial charge in [0.15, 0.2) is 5.76 Å². The Morgan fingerprint density at radius 1 is 1.09 bits per heavy atom. The number of hydrogen-bond acceptors (Lipinski definition) is 4. The molecule has 0 aliphatic carbocycles. The van der Waals surface area contributed by atoms with Crippen molar-refractivity contribution >= 4 is 0 Å². The van der Waals surface area contributed by atoms with Crippen LogP contribution in [-0.2, 0) is 0 Å². The third-order valence-electron chi connectivity index (χ3n) is 3.25. The maximum atomic E-state index is 8.95. The minimum absolute atomic E-state index is 0.594. The van der Waals surface area contributed by atoms with E-state index in [1.54, 1.807) is 12.1 Å². The number of hydrogen-bond donors (Lipinski definition) is 0. The van der Waals surface area contributed by atoms with Gasteiger partial charge in [0.05, 0.1) is 18.2 Å². The molecule has 1 aromatic heterocycles. The van der Waals surface area contributed by atoms with E-state index in [0.717, 1.165) is 22.6 Å². The topological polar surface area (TPSA) is 59.0 Å². The van der Waals surface area contributed by atoms with Crippen LogP contribution in [0.2, 0.25) is 0 Å². The summed E-state index contributed by atoms with van der Waals surface area (Å²) in [7, 11) is 0. The number of rotatable bonds is 4. The lowest BCUT2D eigenvalue weighted by molar-refractivity contribution is 0.340. The van der Waals surface area contributed by atoms with Crippen LogP contribution >= 0.6 is 0 Å². The molecule has 0 N–H and O–H groups in total. The molecule has 0 aliphatic rings. The summed E-state index contributed by atoms with van der Waals surface area (Å²) >= 11 is 0. The summed E-state index contributed by atoms with van der Waals surface area (Å²) in [6.07, 6.45) is 0. The zero-order valence-corrected chi connectivity index (χ0v) is 12.1. The Kier molecular flexibility index (Phi) is 3.88. The van der Waals surface area contributed by atoms with Crippen LogP contribution in [0.1, 0.15) is 12.5 Å². The average Bonchev–Trinajstić information content (AvgIpc) is 3.06. The lowest BCUT2D eigenvalue weighted by atomic mass is 10.1. The Morgan fingerprint density at radius 3 is 2.64 bits per heavy atom. The van der Waals surface area contributed by atoms with Crippen LogP contribution in [0.25, 0.3) is 22.6 Å². The first-order valence-corrected chi connectivity index (χ1v) is 7.00. The summed E-state index contributed by atoms with van der Waals surface area (Å²) in [5.41, 5.74) is 3.13. The summed E-state index contributed by atoms with van der Waals surface area (Å²) < 4.78 is 10.8. The highest BCUT2D eigenvalue weighted by molar-refractivity contribution is 5.67. The lowest BCUT2D eigenvalue weighted by Crippen LogP contribution is -1.90. The van der Waals surface area contributed by atoms with Crippen molar-refractivity contribution in [1.82, 2.24) is 5.16 Å². The highest BCUT2D eigenvalue weighted by Gasteiger charge is 2.09. The summed E-state index contributed by atoms with van der Waals surface area (Å²) in [5, 5.41) is 13.0. The Bertz CT molecular complexity index is 814. The molecule has 0 fully saturated rings. The molecule has 0 aliphatic heterocycles. The van der Waals surface area contributed by atoms with Crippen molar-refractivity contribution < 1.29 is 9.26 Å². The molecule has 0 bridgehead atoms. The molecule has 3 rings (SSSR count). The highest BCUT2D eigenvalue weighted by atomic mass is 16.5. The second kappa shape index (κ2) is 6.15. The van der Waals surface area contributed by atoms with Gasteiger partial charge in [0, 0.05) is 17.2 Å². The largest absolute Gasteiger partial charge is 0.494 e. The van der Waals surface area contributed by atoms with Crippen LogP contribution in [0, 0.1) is 11.3 Å². The monoisotopic (exact) mass is 290 g/mol. The molecule has 2 aromatic carbocycles. The molecular weight excluding hydrogens is 276 g/mol. The predicted molar refractivity (Wildman–Crippen MR) is 83.3 cm³/mol. The number of ether oxygens (including phenoxy) is 1. The van der Waals surface area contributed by atoms with Gasteiger partial charge >= 0.3 is 0 Å². The van der Waals surface area contributed by atoms with E-state index in [-0.39, 0.29) is 0 Å². The van der Waals surface area contributed by atoms with Crippen LogP contribution in [0.4, 0.5) is 0 Å². The van der Waals surface area contributed by atoms with Gasteiger partial charge in [-0.15, -0.1) is 0 Å². The smallest absolute Gasteiger partial charge is 0.167 e. The molecule has 4 heteroatoms. The molecule has 0 spiro atoms. The first kappa shape index (κ1) is 13.9. The molecule has 0 amide bonds. The van der Waals surface area contributed by atoms with E-state index in [9.17, 15) is 0 Å². The molecule has 0 saturated carbocycles.